The molecule has 0 saturated carbocycles. The molecule has 2 rings (SSSR count). The zero-order valence-corrected chi connectivity index (χ0v) is 15.4. The maximum absolute atomic E-state index is 12.3. The van der Waals surface area contributed by atoms with Crippen LogP contribution in [-0.4, -0.2) is 24.3 Å². The zero-order valence-electron chi connectivity index (χ0n) is 14.6. The number of hydrogen-bond acceptors (Lipinski definition) is 5. The van der Waals surface area contributed by atoms with Crippen LogP contribution in [0, 0.1) is 0 Å². The number of hydrazone groups is 1. The molecule has 0 heterocycles. The maximum atomic E-state index is 12.3. The van der Waals surface area contributed by atoms with Crippen molar-refractivity contribution in [1.82, 2.24) is 4.83 Å². The Morgan fingerprint density at radius 1 is 1.00 bits per heavy atom. The van der Waals surface area contributed by atoms with Gasteiger partial charge in [-0.25, -0.2) is 0 Å². The summed E-state index contributed by atoms with van der Waals surface area (Å²) in [6.07, 6.45) is 0. The molecule has 7 heteroatoms. The van der Waals surface area contributed by atoms with E-state index in [1.807, 2.05) is 20.8 Å². The number of phenolic OH excluding ortho intramolecular Hbond substituents is 2. The maximum Gasteiger partial charge on any atom is 0.276 e. The van der Waals surface area contributed by atoms with E-state index in [9.17, 15) is 18.6 Å². The number of benzene rings is 2. The van der Waals surface area contributed by atoms with Gasteiger partial charge in [0.2, 0.25) is 0 Å². The molecule has 0 aromatic heterocycles. The van der Waals surface area contributed by atoms with Crippen LogP contribution in [0.3, 0.4) is 0 Å². The Hall–Kier alpha value is -2.54. The lowest BCUT2D eigenvalue weighted by Crippen LogP contribution is -2.20. The first-order valence-electron chi connectivity index (χ1n) is 7.69. The number of rotatable bonds is 4. The largest absolute Gasteiger partial charge is 0.508 e. The molecule has 0 spiro atoms. The van der Waals surface area contributed by atoms with Gasteiger partial charge in [-0.15, -0.1) is 0 Å². The average Bonchev–Trinajstić information content (AvgIpc) is 2.51. The van der Waals surface area contributed by atoms with Gasteiger partial charge in [0, 0.05) is 11.6 Å². The van der Waals surface area contributed by atoms with Gasteiger partial charge in [-0.2, -0.15) is 18.4 Å². The summed E-state index contributed by atoms with van der Waals surface area (Å²) >= 11 is 0. The fourth-order valence-corrected chi connectivity index (χ4v) is 3.04. The van der Waals surface area contributed by atoms with Crippen LogP contribution >= 0.6 is 0 Å². The molecule has 6 nitrogen and oxygen atoms in total. The minimum Gasteiger partial charge on any atom is -0.508 e. The molecule has 2 aromatic rings. The van der Waals surface area contributed by atoms with Gasteiger partial charge in [-0.1, -0.05) is 32.9 Å². The molecule has 0 unspecified atom stereocenters. The second kappa shape index (κ2) is 6.76. The van der Waals surface area contributed by atoms with Crippen LogP contribution in [0.1, 0.15) is 38.8 Å². The van der Waals surface area contributed by atoms with Crippen molar-refractivity contribution < 1.29 is 18.6 Å². The van der Waals surface area contributed by atoms with E-state index in [4.69, 9.17) is 0 Å². The molecular weight excluding hydrogens is 340 g/mol. The predicted molar refractivity (Wildman–Crippen MR) is 97.4 cm³/mol. The molecule has 0 aliphatic carbocycles. The minimum absolute atomic E-state index is 0.0677. The summed E-state index contributed by atoms with van der Waals surface area (Å²) < 4.78 is 24.7. The number of sulfonamides is 1. The lowest BCUT2D eigenvalue weighted by Gasteiger charge is -2.19. The molecule has 0 fully saturated rings. The number of aromatic hydroxyl groups is 2. The number of nitrogens with zero attached hydrogens (tertiary/aromatic N) is 1. The quantitative estimate of drug-likeness (QED) is 0.575. The highest BCUT2D eigenvalue weighted by atomic mass is 32.2. The Morgan fingerprint density at radius 3 is 2.00 bits per heavy atom. The summed E-state index contributed by atoms with van der Waals surface area (Å²) in [7, 11) is -3.81. The van der Waals surface area contributed by atoms with Crippen LogP contribution in [0.4, 0.5) is 0 Å². The van der Waals surface area contributed by atoms with Crippen molar-refractivity contribution in [2.24, 2.45) is 5.10 Å². The van der Waals surface area contributed by atoms with E-state index >= 15 is 0 Å². The summed E-state index contributed by atoms with van der Waals surface area (Å²) in [6, 6.07) is 10.6. The molecule has 0 aliphatic heterocycles. The van der Waals surface area contributed by atoms with Crippen LogP contribution in [0.25, 0.3) is 0 Å². The molecule has 0 aliphatic rings. The van der Waals surface area contributed by atoms with Crippen LogP contribution in [0.2, 0.25) is 0 Å². The third kappa shape index (κ3) is 4.73. The molecular formula is C18H22N2O4S. The summed E-state index contributed by atoms with van der Waals surface area (Å²) in [4.78, 5) is 2.27. The number of hydrogen-bond donors (Lipinski definition) is 3. The third-order valence-electron chi connectivity index (χ3n) is 3.68. The molecule has 134 valence electrons. The summed E-state index contributed by atoms with van der Waals surface area (Å²) in [5, 5.41) is 22.8. The van der Waals surface area contributed by atoms with Crippen molar-refractivity contribution in [3.05, 3.63) is 53.6 Å². The van der Waals surface area contributed by atoms with Crippen molar-refractivity contribution in [3.8, 4) is 11.5 Å². The first-order chi connectivity index (χ1) is 11.5. The molecule has 0 saturated heterocycles. The Bertz CT molecular complexity index is 875. The average molecular weight is 362 g/mol. The minimum atomic E-state index is -3.81. The van der Waals surface area contributed by atoms with E-state index in [0.717, 1.165) is 5.56 Å². The van der Waals surface area contributed by atoms with E-state index in [-0.39, 0.29) is 21.8 Å². The fourth-order valence-electron chi connectivity index (χ4n) is 2.18. The molecule has 25 heavy (non-hydrogen) atoms. The summed E-state index contributed by atoms with van der Waals surface area (Å²) in [5.74, 6) is -0.268. The Labute approximate surface area is 147 Å². The Balaban J connectivity index is 2.23. The van der Waals surface area contributed by atoms with Gasteiger partial charge in [-0.05, 0) is 42.2 Å². The van der Waals surface area contributed by atoms with Crippen molar-refractivity contribution in [2.75, 3.05) is 0 Å². The third-order valence-corrected chi connectivity index (χ3v) is 4.91. The molecule has 0 radical (unpaired) electrons. The Morgan fingerprint density at radius 2 is 1.52 bits per heavy atom. The van der Waals surface area contributed by atoms with Crippen LogP contribution in [0.15, 0.2) is 52.5 Å². The molecule has 0 atom stereocenters. The van der Waals surface area contributed by atoms with Crippen LogP contribution < -0.4 is 4.83 Å². The molecule has 0 amide bonds. The summed E-state index contributed by atoms with van der Waals surface area (Å²) in [5.41, 5.74) is 1.67. The van der Waals surface area contributed by atoms with Gasteiger partial charge in [0.05, 0.1) is 10.6 Å². The van der Waals surface area contributed by atoms with E-state index < -0.39 is 10.0 Å². The first-order valence-corrected chi connectivity index (χ1v) is 9.17. The number of nitrogens with one attached hydrogen (secondary N) is 1. The standard InChI is InChI=1S/C18H22N2O4S/c1-12(13-9-15(21)11-16(22)10-13)19-20-25(23,24)17-7-5-14(6-8-17)18(2,3)4/h5-11,20-22H,1-4H3. The van der Waals surface area contributed by atoms with Crippen LogP contribution in [-0.2, 0) is 15.4 Å². The molecule has 3 N–H and O–H groups in total. The second-order valence-corrected chi connectivity index (χ2v) is 8.47. The highest BCUT2D eigenvalue weighted by Gasteiger charge is 2.17. The topological polar surface area (TPSA) is 99.0 Å². The highest BCUT2D eigenvalue weighted by Crippen LogP contribution is 2.23. The van der Waals surface area contributed by atoms with Gasteiger partial charge in [0.15, 0.2) is 0 Å². The lowest BCUT2D eigenvalue weighted by molar-refractivity contribution is 0.450. The SMILES string of the molecule is CC(=NNS(=O)(=O)c1ccc(C(C)(C)C)cc1)c1cc(O)cc(O)c1. The van der Waals surface area contributed by atoms with E-state index in [0.29, 0.717) is 11.3 Å². The van der Waals surface area contributed by atoms with Crippen molar-refractivity contribution in [1.29, 1.82) is 0 Å². The molecule has 2 aromatic carbocycles. The second-order valence-electron chi connectivity index (χ2n) is 6.80. The normalized spacial score (nSPS) is 12.9. The zero-order chi connectivity index (χ0) is 18.8. The monoisotopic (exact) mass is 362 g/mol. The van der Waals surface area contributed by atoms with Gasteiger partial charge in [0.1, 0.15) is 11.5 Å². The van der Waals surface area contributed by atoms with Crippen LogP contribution in [0.5, 0.6) is 11.5 Å². The smallest absolute Gasteiger partial charge is 0.276 e. The van der Waals surface area contributed by atoms with E-state index in [2.05, 4.69) is 9.93 Å². The van der Waals surface area contributed by atoms with Crippen molar-refractivity contribution >= 4 is 15.7 Å². The van der Waals surface area contributed by atoms with Gasteiger partial charge >= 0.3 is 0 Å². The van der Waals surface area contributed by atoms with Crippen molar-refractivity contribution in [2.45, 2.75) is 38.0 Å². The van der Waals surface area contributed by atoms with Gasteiger partial charge < -0.3 is 10.2 Å². The van der Waals surface area contributed by atoms with Gasteiger partial charge in [-0.3, -0.25) is 0 Å². The Kier molecular flexibility index (Phi) is 5.08. The van der Waals surface area contributed by atoms with E-state index in [1.165, 1.54) is 30.3 Å². The lowest BCUT2D eigenvalue weighted by atomic mass is 9.87. The highest BCUT2D eigenvalue weighted by molar-refractivity contribution is 7.89. The van der Waals surface area contributed by atoms with Crippen molar-refractivity contribution in [3.63, 3.8) is 0 Å². The van der Waals surface area contributed by atoms with E-state index in [1.54, 1.807) is 19.1 Å². The number of phenols is 2. The summed E-state index contributed by atoms with van der Waals surface area (Å²) in [6.45, 7) is 7.72. The first kappa shape index (κ1) is 18.8. The fraction of sp³-hybridized carbons (Fsp3) is 0.278. The molecule has 0 bridgehead atoms. The predicted octanol–water partition coefficient (Wildman–Crippen LogP) is 3.10. The van der Waals surface area contributed by atoms with Gasteiger partial charge in [0.25, 0.3) is 10.0 Å².